The molecule has 0 unspecified atom stereocenters. The van der Waals surface area contributed by atoms with Crippen LogP contribution in [0.15, 0.2) is 34.3 Å². The number of ether oxygens (including phenoxy) is 4. The normalized spacial score (nSPS) is 10.8. The SMILES string of the molecule is COc1ccc2oc3c(OC)c(OC)c(OC)c(CC=C(C)C)c3c2c1. The Labute approximate surface area is 153 Å². The van der Waals surface area contributed by atoms with Gasteiger partial charge in [0.2, 0.25) is 11.5 Å². The quantitative estimate of drug-likeness (QED) is 0.573. The summed E-state index contributed by atoms with van der Waals surface area (Å²) in [5.74, 6) is 2.48. The number of methoxy groups -OCH3 is 4. The first-order valence-electron chi connectivity index (χ1n) is 8.40. The van der Waals surface area contributed by atoms with Gasteiger partial charge in [-0.05, 0) is 38.5 Å². The third kappa shape index (κ3) is 2.83. The van der Waals surface area contributed by atoms with Crippen molar-refractivity contribution in [1.29, 1.82) is 0 Å². The zero-order valence-electron chi connectivity index (χ0n) is 16.1. The van der Waals surface area contributed by atoms with E-state index in [-0.39, 0.29) is 0 Å². The lowest BCUT2D eigenvalue weighted by Crippen LogP contribution is -2.00. The number of rotatable bonds is 6. The molecule has 0 amide bonds. The molecule has 0 radical (unpaired) electrons. The van der Waals surface area contributed by atoms with Crippen LogP contribution in [-0.4, -0.2) is 28.4 Å². The van der Waals surface area contributed by atoms with Crippen molar-refractivity contribution in [2.45, 2.75) is 20.3 Å². The predicted molar refractivity (Wildman–Crippen MR) is 103 cm³/mol. The average molecular weight is 356 g/mol. The van der Waals surface area contributed by atoms with Crippen molar-refractivity contribution in [1.82, 2.24) is 0 Å². The third-order valence-corrected chi connectivity index (χ3v) is 4.42. The van der Waals surface area contributed by atoms with E-state index in [1.165, 1.54) is 5.57 Å². The van der Waals surface area contributed by atoms with Crippen molar-refractivity contribution >= 4 is 21.9 Å². The molecule has 3 aromatic rings. The topological polar surface area (TPSA) is 50.1 Å². The van der Waals surface area contributed by atoms with Crippen LogP contribution in [0.5, 0.6) is 23.0 Å². The molecule has 0 atom stereocenters. The molecule has 1 aromatic heterocycles. The van der Waals surface area contributed by atoms with Gasteiger partial charge in [0.1, 0.15) is 11.3 Å². The summed E-state index contributed by atoms with van der Waals surface area (Å²) in [5.41, 5.74) is 3.62. The van der Waals surface area contributed by atoms with Crippen molar-refractivity contribution in [3.05, 3.63) is 35.4 Å². The molecular formula is C21H24O5. The second kappa shape index (κ2) is 7.20. The molecular weight excluding hydrogens is 332 g/mol. The Balaban J connectivity index is 2.50. The smallest absolute Gasteiger partial charge is 0.208 e. The van der Waals surface area contributed by atoms with Crippen LogP contribution in [-0.2, 0) is 6.42 Å². The summed E-state index contributed by atoms with van der Waals surface area (Å²) in [6.45, 7) is 4.14. The van der Waals surface area contributed by atoms with Gasteiger partial charge in [-0.15, -0.1) is 0 Å². The number of hydrogen-bond acceptors (Lipinski definition) is 5. The van der Waals surface area contributed by atoms with Gasteiger partial charge < -0.3 is 23.4 Å². The second-order valence-electron chi connectivity index (χ2n) is 6.23. The summed E-state index contributed by atoms with van der Waals surface area (Å²) in [6, 6.07) is 5.75. The zero-order valence-corrected chi connectivity index (χ0v) is 16.1. The Hall–Kier alpha value is -2.82. The van der Waals surface area contributed by atoms with Crippen LogP contribution >= 0.6 is 0 Å². The standard InChI is InChI=1S/C21H24O5/c1-12(2)7-9-14-17-15-11-13(22-3)8-10-16(15)26-19(17)21(25-6)20(24-5)18(14)23-4/h7-8,10-11H,9H2,1-6H3. The Morgan fingerprint density at radius 1 is 0.923 bits per heavy atom. The van der Waals surface area contributed by atoms with Gasteiger partial charge in [0.15, 0.2) is 11.3 Å². The van der Waals surface area contributed by atoms with E-state index in [2.05, 4.69) is 19.9 Å². The summed E-state index contributed by atoms with van der Waals surface area (Å²) in [4.78, 5) is 0. The molecule has 2 aromatic carbocycles. The molecule has 0 aliphatic rings. The molecule has 0 aliphatic heterocycles. The van der Waals surface area contributed by atoms with Crippen LogP contribution < -0.4 is 18.9 Å². The minimum Gasteiger partial charge on any atom is -0.497 e. The van der Waals surface area contributed by atoms with Crippen LogP contribution in [0.2, 0.25) is 0 Å². The lowest BCUT2D eigenvalue weighted by molar-refractivity contribution is 0.323. The van der Waals surface area contributed by atoms with Crippen LogP contribution in [0, 0.1) is 0 Å². The predicted octanol–water partition coefficient (Wildman–Crippen LogP) is 5.13. The zero-order chi connectivity index (χ0) is 18.8. The highest BCUT2D eigenvalue weighted by Crippen LogP contribution is 2.50. The summed E-state index contributed by atoms with van der Waals surface area (Å²) < 4.78 is 28.5. The van der Waals surface area contributed by atoms with Crippen molar-refractivity contribution < 1.29 is 23.4 Å². The maximum atomic E-state index is 6.13. The Kier molecular flexibility index (Phi) is 4.98. The molecule has 0 spiro atoms. The Morgan fingerprint density at radius 3 is 2.19 bits per heavy atom. The summed E-state index contributed by atoms with van der Waals surface area (Å²) in [6.07, 6.45) is 2.84. The molecule has 5 heteroatoms. The molecule has 5 nitrogen and oxygen atoms in total. The number of hydrogen-bond donors (Lipinski definition) is 0. The minimum absolute atomic E-state index is 0.524. The number of allylic oxidation sites excluding steroid dienone is 2. The van der Waals surface area contributed by atoms with Gasteiger partial charge in [-0.1, -0.05) is 11.6 Å². The fraction of sp³-hybridized carbons (Fsp3) is 0.333. The van der Waals surface area contributed by atoms with Crippen LogP contribution in [0.3, 0.4) is 0 Å². The Morgan fingerprint density at radius 2 is 1.62 bits per heavy atom. The first-order valence-corrected chi connectivity index (χ1v) is 8.40. The van der Waals surface area contributed by atoms with Crippen LogP contribution in [0.1, 0.15) is 19.4 Å². The maximum Gasteiger partial charge on any atom is 0.208 e. The van der Waals surface area contributed by atoms with Crippen molar-refractivity contribution in [2.24, 2.45) is 0 Å². The molecule has 0 saturated carbocycles. The van der Waals surface area contributed by atoms with Gasteiger partial charge >= 0.3 is 0 Å². The lowest BCUT2D eigenvalue weighted by atomic mass is 10.00. The summed E-state index contributed by atoms with van der Waals surface area (Å²) >= 11 is 0. The summed E-state index contributed by atoms with van der Waals surface area (Å²) in [7, 11) is 6.48. The van der Waals surface area contributed by atoms with Crippen LogP contribution in [0.25, 0.3) is 21.9 Å². The van der Waals surface area contributed by atoms with Gasteiger partial charge in [-0.3, -0.25) is 0 Å². The Bertz CT molecular complexity index is 977. The van der Waals surface area contributed by atoms with Gasteiger partial charge in [0.25, 0.3) is 0 Å². The van der Waals surface area contributed by atoms with E-state index in [9.17, 15) is 0 Å². The molecule has 1 heterocycles. The maximum absolute atomic E-state index is 6.13. The average Bonchev–Trinajstić information content (AvgIpc) is 3.02. The first-order chi connectivity index (χ1) is 12.5. The van der Waals surface area contributed by atoms with E-state index in [1.807, 2.05) is 18.2 Å². The highest BCUT2D eigenvalue weighted by molar-refractivity contribution is 6.11. The van der Waals surface area contributed by atoms with Gasteiger partial charge in [0, 0.05) is 16.3 Å². The largest absolute Gasteiger partial charge is 0.497 e. The van der Waals surface area contributed by atoms with E-state index in [0.717, 1.165) is 27.7 Å². The van der Waals surface area contributed by atoms with E-state index >= 15 is 0 Å². The van der Waals surface area contributed by atoms with E-state index < -0.39 is 0 Å². The molecule has 26 heavy (non-hydrogen) atoms. The van der Waals surface area contributed by atoms with Crippen LogP contribution in [0.4, 0.5) is 0 Å². The van der Waals surface area contributed by atoms with E-state index in [4.69, 9.17) is 23.4 Å². The third-order valence-electron chi connectivity index (χ3n) is 4.42. The van der Waals surface area contributed by atoms with E-state index in [0.29, 0.717) is 29.3 Å². The molecule has 0 bridgehead atoms. The number of benzene rings is 2. The minimum atomic E-state index is 0.524. The second-order valence-corrected chi connectivity index (χ2v) is 6.23. The molecule has 0 saturated heterocycles. The fourth-order valence-corrected chi connectivity index (χ4v) is 3.21. The molecule has 3 rings (SSSR count). The number of fused-ring (bicyclic) bond motifs is 3. The van der Waals surface area contributed by atoms with Gasteiger partial charge in [-0.2, -0.15) is 0 Å². The molecule has 138 valence electrons. The highest BCUT2D eigenvalue weighted by atomic mass is 16.5. The van der Waals surface area contributed by atoms with Gasteiger partial charge in [-0.25, -0.2) is 0 Å². The number of furan rings is 1. The first kappa shape index (κ1) is 18.0. The van der Waals surface area contributed by atoms with Gasteiger partial charge in [0.05, 0.1) is 28.4 Å². The lowest BCUT2D eigenvalue weighted by Gasteiger charge is -2.16. The monoisotopic (exact) mass is 356 g/mol. The fourth-order valence-electron chi connectivity index (χ4n) is 3.21. The molecule has 0 N–H and O–H groups in total. The summed E-state index contributed by atoms with van der Waals surface area (Å²) in [5, 5.41) is 1.90. The van der Waals surface area contributed by atoms with Crippen molar-refractivity contribution in [3.63, 3.8) is 0 Å². The van der Waals surface area contributed by atoms with Crippen molar-refractivity contribution in [3.8, 4) is 23.0 Å². The van der Waals surface area contributed by atoms with Crippen molar-refractivity contribution in [2.75, 3.05) is 28.4 Å². The molecule has 0 fully saturated rings. The molecule has 0 aliphatic carbocycles. The van der Waals surface area contributed by atoms with E-state index in [1.54, 1.807) is 28.4 Å². The highest BCUT2D eigenvalue weighted by Gasteiger charge is 2.26.